The van der Waals surface area contributed by atoms with Gasteiger partial charge in [0.15, 0.2) is 0 Å². The third kappa shape index (κ3) is 1.82. The van der Waals surface area contributed by atoms with Crippen LogP contribution < -0.4 is 0 Å². The highest BCUT2D eigenvalue weighted by Crippen LogP contribution is 2.40. The van der Waals surface area contributed by atoms with Gasteiger partial charge < -0.3 is 4.90 Å². The molecular weight excluding hydrogens is 146 g/mol. The van der Waals surface area contributed by atoms with Crippen LogP contribution in [0.15, 0.2) is 0 Å². The molecular formula is C11H23N. The third-order valence-electron chi connectivity index (χ3n) is 3.49. The van der Waals surface area contributed by atoms with Gasteiger partial charge in [-0.2, -0.15) is 0 Å². The molecule has 0 spiro atoms. The zero-order valence-corrected chi connectivity index (χ0v) is 9.06. The van der Waals surface area contributed by atoms with Gasteiger partial charge in [-0.3, -0.25) is 0 Å². The van der Waals surface area contributed by atoms with Gasteiger partial charge in [-0.25, -0.2) is 0 Å². The minimum Gasteiger partial charge on any atom is -0.304 e. The summed E-state index contributed by atoms with van der Waals surface area (Å²) in [5.41, 5.74) is 0.550. The Morgan fingerprint density at radius 1 is 1.42 bits per heavy atom. The SMILES string of the molecule is CCCC1(N(C)C)CCC(C)C1. The van der Waals surface area contributed by atoms with E-state index >= 15 is 0 Å². The lowest BCUT2D eigenvalue weighted by Crippen LogP contribution is -2.41. The Kier molecular flexibility index (Phi) is 3.16. The highest BCUT2D eigenvalue weighted by Gasteiger charge is 2.37. The lowest BCUT2D eigenvalue weighted by atomic mass is 9.89. The maximum Gasteiger partial charge on any atom is 0.0206 e. The molecule has 0 heterocycles. The molecule has 0 saturated heterocycles. The molecule has 1 nitrogen and oxygen atoms in total. The normalized spacial score (nSPS) is 36.2. The molecule has 0 aromatic heterocycles. The molecule has 1 fully saturated rings. The first-order valence-corrected chi connectivity index (χ1v) is 5.28. The Hall–Kier alpha value is -0.0400. The molecule has 0 bridgehead atoms. The first-order valence-electron chi connectivity index (χ1n) is 5.28. The first-order chi connectivity index (χ1) is 5.60. The second-order valence-corrected chi connectivity index (χ2v) is 4.72. The molecule has 1 saturated carbocycles. The molecule has 1 aliphatic carbocycles. The Labute approximate surface area is 77.1 Å². The molecule has 0 aromatic carbocycles. The number of rotatable bonds is 3. The van der Waals surface area contributed by atoms with Crippen LogP contribution >= 0.6 is 0 Å². The molecule has 1 heteroatoms. The lowest BCUT2D eigenvalue weighted by Gasteiger charge is -2.36. The van der Waals surface area contributed by atoms with E-state index in [0.717, 1.165) is 5.92 Å². The van der Waals surface area contributed by atoms with Crippen molar-refractivity contribution in [1.82, 2.24) is 4.90 Å². The van der Waals surface area contributed by atoms with Crippen LogP contribution in [-0.2, 0) is 0 Å². The molecule has 0 aliphatic heterocycles. The fourth-order valence-electron chi connectivity index (χ4n) is 2.69. The largest absolute Gasteiger partial charge is 0.304 e. The quantitative estimate of drug-likeness (QED) is 0.628. The zero-order chi connectivity index (χ0) is 9.19. The molecule has 1 aliphatic rings. The van der Waals surface area contributed by atoms with Crippen LogP contribution in [0.3, 0.4) is 0 Å². The van der Waals surface area contributed by atoms with E-state index in [-0.39, 0.29) is 0 Å². The molecule has 12 heavy (non-hydrogen) atoms. The van der Waals surface area contributed by atoms with E-state index in [1.807, 2.05) is 0 Å². The van der Waals surface area contributed by atoms with Gasteiger partial charge >= 0.3 is 0 Å². The van der Waals surface area contributed by atoms with Crippen molar-refractivity contribution in [2.24, 2.45) is 5.92 Å². The lowest BCUT2D eigenvalue weighted by molar-refractivity contribution is 0.140. The molecule has 2 unspecified atom stereocenters. The second-order valence-electron chi connectivity index (χ2n) is 4.72. The Morgan fingerprint density at radius 2 is 2.08 bits per heavy atom. The van der Waals surface area contributed by atoms with Crippen molar-refractivity contribution in [1.29, 1.82) is 0 Å². The maximum absolute atomic E-state index is 2.46. The average Bonchev–Trinajstić information content (AvgIpc) is 2.34. The maximum atomic E-state index is 2.46. The van der Waals surface area contributed by atoms with Crippen molar-refractivity contribution < 1.29 is 0 Å². The molecule has 72 valence electrons. The van der Waals surface area contributed by atoms with E-state index in [2.05, 4.69) is 32.8 Å². The van der Waals surface area contributed by atoms with E-state index in [4.69, 9.17) is 0 Å². The fourth-order valence-corrected chi connectivity index (χ4v) is 2.69. The van der Waals surface area contributed by atoms with Gasteiger partial charge in [-0.05, 0) is 45.7 Å². The van der Waals surface area contributed by atoms with Crippen molar-refractivity contribution in [2.75, 3.05) is 14.1 Å². The molecule has 2 atom stereocenters. The van der Waals surface area contributed by atoms with Crippen LogP contribution in [0, 0.1) is 5.92 Å². The van der Waals surface area contributed by atoms with Crippen LogP contribution in [-0.4, -0.2) is 24.5 Å². The van der Waals surface area contributed by atoms with Crippen molar-refractivity contribution in [2.45, 2.75) is 51.5 Å². The summed E-state index contributed by atoms with van der Waals surface area (Å²) in [5.74, 6) is 0.943. The average molecular weight is 169 g/mol. The van der Waals surface area contributed by atoms with E-state index in [1.165, 1.54) is 32.1 Å². The molecule has 0 amide bonds. The van der Waals surface area contributed by atoms with Gasteiger partial charge in [0.25, 0.3) is 0 Å². The van der Waals surface area contributed by atoms with Crippen LogP contribution in [0.25, 0.3) is 0 Å². The van der Waals surface area contributed by atoms with Crippen molar-refractivity contribution >= 4 is 0 Å². The minimum atomic E-state index is 0.550. The highest BCUT2D eigenvalue weighted by molar-refractivity contribution is 4.94. The summed E-state index contributed by atoms with van der Waals surface area (Å²) in [6, 6.07) is 0. The summed E-state index contributed by atoms with van der Waals surface area (Å²) < 4.78 is 0. The summed E-state index contributed by atoms with van der Waals surface area (Å²) in [6.45, 7) is 4.69. The molecule has 0 radical (unpaired) electrons. The summed E-state index contributed by atoms with van der Waals surface area (Å²) in [6.07, 6.45) is 6.95. The summed E-state index contributed by atoms with van der Waals surface area (Å²) in [5, 5.41) is 0. The van der Waals surface area contributed by atoms with Gasteiger partial charge in [0.1, 0.15) is 0 Å². The van der Waals surface area contributed by atoms with E-state index in [9.17, 15) is 0 Å². The number of nitrogens with zero attached hydrogens (tertiary/aromatic N) is 1. The van der Waals surface area contributed by atoms with Crippen LogP contribution in [0.4, 0.5) is 0 Å². The Bertz CT molecular complexity index is 138. The minimum absolute atomic E-state index is 0.550. The summed E-state index contributed by atoms with van der Waals surface area (Å²) >= 11 is 0. The van der Waals surface area contributed by atoms with Gasteiger partial charge in [0.05, 0.1) is 0 Å². The van der Waals surface area contributed by atoms with E-state index in [1.54, 1.807) is 0 Å². The predicted octanol–water partition coefficient (Wildman–Crippen LogP) is 2.91. The number of hydrogen-bond donors (Lipinski definition) is 0. The molecule has 0 aromatic rings. The van der Waals surface area contributed by atoms with Gasteiger partial charge in [0, 0.05) is 5.54 Å². The van der Waals surface area contributed by atoms with Crippen molar-refractivity contribution in [3.8, 4) is 0 Å². The standard InChI is InChI=1S/C11H23N/c1-5-7-11(12(3)4)8-6-10(2)9-11/h10H,5-9H2,1-4H3. The van der Waals surface area contributed by atoms with Gasteiger partial charge in [-0.15, -0.1) is 0 Å². The highest BCUT2D eigenvalue weighted by atomic mass is 15.1. The van der Waals surface area contributed by atoms with Crippen LogP contribution in [0.1, 0.15) is 46.0 Å². The first kappa shape index (κ1) is 10.0. The Balaban J connectivity index is 2.61. The van der Waals surface area contributed by atoms with E-state index < -0.39 is 0 Å². The predicted molar refractivity (Wildman–Crippen MR) is 54.3 cm³/mol. The van der Waals surface area contributed by atoms with Gasteiger partial charge in [0.2, 0.25) is 0 Å². The molecule has 0 N–H and O–H groups in total. The van der Waals surface area contributed by atoms with Crippen molar-refractivity contribution in [3.05, 3.63) is 0 Å². The third-order valence-corrected chi connectivity index (χ3v) is 3.49. The van der Waals surface area contributed by atoms with Crippen LogP contribution in [0.5, 0.6) is 0 Å². The Morgan fingerprint density at radius 3 is 2.42 bits per heavy atom. The number of hydrogen-bond acceptors (Lipinski definition) is 1. The second kappa shape index (κ2) is 3.78. The molecule has 1 rings (SSSR count). The van der Waals surface area contributed by atoms with Crippen LogP contribution in [0.2, 0.25) is 0 Å². The fraction of sp³-hybridized carbons (Fsp3) is 1.00. The monoisotopic (exact) mass is 169 g/mol. The summed E-state index contributed by atoms with van der Waals surface area (Å²) in [7, 11) is 4.49. The van der Waals surface area contributed by atoms with Crippen molar-refractivity contribution in [3.63, 3.8) is 0 Å². The van der Waals surface area contributed by atoms with Gasteiger partial charge in [-0.1, -0.05) is 20.3 Å². The topological polar surface area (TPSA) is 3.24 Å². The summed E-state index contributed by atoms with van der Waals surface area (Å²) in [4.78, 5) is 2.46. The smallest absolute Gasteiger partial charge is 0.0206 e. The van der Waals surface area contributed by atoms with E-state index in [0.29, 0.717) is 5.54 Å². The zero-order valence-electron chi connectivity index (χ0n) is 9.06.